The van der Waals surface area contributed by atoms with E-state index in [9.17, 15) is 14.4 Å². The van der Waals surface area contributed by atoms with Gasteiger partial charge >= 0.3 is 6.09 Å². The second kappa shape index (κ2) is 10.6. The van der Waals surface area contributed by atoms with Crippen molar-refractivity contribution in [2.24, 2.45) is 0 Å². The number of benzene rings is 2. The Morgan fingerprint density at radius 2 is 1.61 bits per heavy atom. The molecule has 1 heterocycles. The smallest absolute Gasteiger partial charge is 0.410 e. The fourth-order valence-corrected chi connectivity index (χ4v) is 4.10. The van der Waals surface area contributed by atoms with Crippen LogP contribution in [0.25, 0.3) is 0 Å². The van der Waals surface area contributed by atoms with Crippen molar-refractivity contribution in [2.45, 2.75) is 64.6 Å². The number of carbonyl (C=O) groups excluding carboxylic acids is 3. The lowest BCUT2D eigenvalue weighted by atomic mass is 9.94. The molecule has 1 aliphatic heterocycles. The van der Waals surface area contributed by atoms with Gasteiger partial charge in [-0.1, -0.05) is 55.5 Å². The van der Waals surface area contributed by atoms with Crippen molar-refractivity contribution in [2.75, 3.05) is 13.1 Å². The zero-order valence-electron chi connectivity index (χ0n) is 20.0. The van der Waals surface area contributed by atoms with E-state index in [4.69, 9.17) is 4.74 Å². The molecule has 2 aromatic rings. The molecule has 0 aliphatic carbocycles. The molecule has 0 bridgehead atoms. The molecule has 0 spiro atoms. The van der Waals surface area contributed by atoms with E-state index in [0.29, 0.717) is 31.4 Å². The van der Waals surface area contributed by atoms with E-state index in [0.717, 1.165) is 5.56 Å². The normalized spacial score (nSPS) is 21.0. The van der Waals surface area contributed by atoms with Gasteiger partial charge in [-0.3, -0.25) is 14.5 Å². The molecule has 2 amide bonds. The van der Waals surface area contributed by atoms with Crippen LogP contribution in [0.5, 0.6) is 0 Å². The number of hydrogen-bond donors (Lipinski definition) is 0. The quantitative estimate of drug-likeness (QED) is 0.661. The molecule has 2 aromatic carbocycles. The van der Waals surface area contributed by atoms with Gasteiger partial charge < -0.3 is 9.64 Å². The molecule has 1 unspecified atom stereocenters. The van der Waals surface area contributed by atoms with Crippen molar-refractivity contribution >= 4 is 17.8 Å². The molecule has 6 nitrogen and oxygen atoms in total. The first-order valence-electron chi connectivity index (χ1n) is 11.7. The molecular formula is C27H34N2O4. The van der Waals surface area contributed by atoms with Crippen LogP contribution in [0.1, 0.15) is 56.5 Å². The maximum absolute atomic E-state index is 13.2. The van der Waals surface area contributed by atoms with Crippen molar-refractivity contribution in [1.82, 2.24) is 9.80 Å². The summed E-state index contributed by atoms with van der Waals surface area (Å²) in [6, 6.07) is 18.0. The molecule has 1 fully saturated rings. The van der Waals surface area contributed by atoms with Crippen molar-refractivity contribution in [3.63, 3.8) is 0 Å². The molecule has 33 heavy (non-hydrogen) atoms. The van der Waals surface area contributed by atoms with E-state index in [1.807, 2.05) is 69.3 Å². The number of rotatable bonds is 5. The van der Waals surface area contributed by atoms with Crippen molar-refractivity contribution in [3.8, 4) is 0 Å². The third kappa shape index (κ3) is 6.01. The van der Waals surface area contributed by atoms with Gasteiger partial charge in [0.2, 0.25) is 0 Å². The molecule has 176 valence electrons. The highest BCUT2D eigenvalue weighted by molar-refractivity contribution is 5.98. The first-order chi connectivity index (χ1) is 15.7. The Kier molecular flexibility index (Phi) is 7.90. The van der Waals surface area contributed by atoms with Crippen LogP contribution in [0, 0.1) is 0 Å². The predicted molar refractivity (Wildman–Crippen MR) is 128 cm³/mol. The Labute approximate surface area is 196 Å². The standard InChI is InChI=1S/C27H34N2O4/c1-5-27(4,18-22-12-8-6-9-13-22)33-26(32)28-17-16-20(2)29(19-24(30)21(28)3)25(31)23-14-10-7-11-15-23/h6-15,20-21H,5,16-19H2,1-4H3/t20-,21-,27?/m0/s1. The third-order valence-corrected chi connectivity index (χ3v) is 6.60. The van der Waals surface area contributed by atoms with E-state index in [-0.39, 0.29) is 24.3 Å². The fraction of sp³-hybridized carbons (Fsp3) is 0.444. The minimum absolute atomic E-state index is 0.0328. The minimum atomic E-state index is -0.676. The number of ether oxygens (including phenoxy) is 1. The number of hydrogen-bond acceptors (Lipinski definition) is 4. The summed E-state index contributed by atoms with van der Waals surface area (Å²) in [5.41, 5.74) is 0.973. The van der Waals surface area contributed by atoms with Crippen molar-refractivity contribution in [1.29, 1.82) is 0 Å². The third-order valence-electron chi connectivity index (χ3n) is 6.60. The van der Waals surface area contributed by atoms with Gasteiger partial charge in [0, 0.05) is 24.6 Å². The number of nitrogens with zero attached hydrogens (tertiary/aromatic N) is 2. The highest BCUT2D eigenvalue weighted by atomic mass is 16.6. The SMILES string of the molecule is CCC(C)(Cc1ccccc1)OC(=O)N1CC[C@H](C)N(C(=O)c2ccccc2)CC(=O)[C@@H]1C. The van der Waals surface area contributed by atoms with Crippen LogP contribution in [-0.4, -0.2) is 58.4 Å². The average molecular weight is 451 g/mol. The van der Waals surface area contributed by atoms with Gasteiger partial charge in [-0.05, 0) is 51.3 Å². The number of Topliss-reactive ketones (excluding diaryl/α,β-unsaturated/α-hetero) is 1. The van der Waals surface area contributed by atoms with Crippen LogP contribution in [0.3, 0.4) is 0 Å². The molecule has 0 aromatic heterocycles. The lowest BCUT2D eigenvalue weighted by Crippen LogP contribution is -2.55. The summed E-state index contributed by atoms with van der Waals surface area (Å²) < 4.78 is 5.98. The summed E-state index contributed by atoms with van der Waals surface area (Å²) >= 11 is 0. The van der Waals surface area contributed by atoms with E-state index in [1.54, 1.807) is 24.0 Å². The van der Waals surface area contributed by atoms with Crippen LogP contribution in [-0.2, 0) is 16.0 Å². The van der Waals surface area contributed by atoms with Gasteiger partial charge in [0.25, 0.3) is 5.91 Å². The summed E-state index contributed by atoms with van der Waals surface area (Å²) in [5, 5.41) is 0. The van der Waals surface area contributed by atoms with Gasteiger partial charge in [0.1, 0.15) is 5.60 Å². The van der Waals surface area contributed by atoms with Gasteiger partial charge in [0.15, 0.2) is 5.78 Å². The molecule has 6 heteroatoms. The van der Waals surface area contributed by atoms with Crippen LogP contribution in [0.15, 0.2) is 60.7 Å². The maximum Gasteiger partial charge on any atom is 0.410 e. The minimum Gasteiger partial charge on any atom is -0.443 e. The number of amides is 2. The molecule has 3 atom stereocenters. The lowest BCUT2D eigenvalue weighted by Gasteiger charge is -2.39. The van der Waals surface area contributed by atoms with Crippen LogP contribution < -0.4 is 0 Å². The van der Waals surface area contributed by atoms with E-state index >= 15 is 0 Å². The van der Waals surface area contributed by atoms with Gasteiger partial charge in [-0.15, -0.1) is 0 Å². The summed E-state index contributed by atoms with van der Waals surface area (Å²) in [7, 11) is 0. The van der Waals surface area contributed by atoms with Crippen molar-refractivity contribution < 1.29 is 19.1 Å². The largest absolute Gasteiger partial charge is 0.443 e. The summed E-state index contributed by atoms with van der Waals surface area (Å²) in [5.74, 6) is -0.342. The highest BCUT2D eigenvalue weighted by Crippen LogP contribution is 2.25. The van der Waals surface area contributed by atoms with Crippen LogP contribution >= 0.6 is 0 Å². The van der Waals surface area contributed by atoms with Gasteiger partial charge in [-0.25, -0.2) is 4.79 Å². The predicted octanol–water partition coefficient (Wildman–Crippen LogP) is 4.73. The highest BCUT2D eigenvalue weighted by Gasteiger charge is 2.37. The second-order valence-electron chi connectivity index (χ2n) is 9.11. The Morgan fingerprint density at radius 1 is 1.00 bits per heavy atom. The fourth-order valence-electron chi connectivity index (χ4n) is 4.10. The summed E-state index contributed by atoms with van der Waals surface area (Å²) in [6.45, 7) is 7.86. The summed E-state index contributed by atoms with van der Waals surface area (Å²) in [4.78, 5) is 42.4. The Bertz CT molecular complexity index is 963. The lowest BCUT2D eigenvalue weighted by molar-refractivity contribution is -0.126. The van der Waals surface area contributed by atoms with Crippen molar-refractivity contribution in [3.05, 3.63) is 71.8 Å². The topological polar surface area (TPSA) is 66.9 Å². The first-order valence-corrected chi connectivity index (χ1v) is 11.7. The molecular weight excluding hydrogens is 416 g/mol. The number of ketones is 1. The van der Waals surface area contributed by atoms with Crippen LogP contribution in [0.2, 0.25) is 0 Å². The zero-order valence-corrected chi connectivity index (χ0v) is 20.0. The summed E-state index contributed by atoms with van der Waals surface area (Å²) in [6.07, 6.45) is 1.33. The molecule has 1 saturated heterocycles. The van der Waals surface area contributed by atoms with Gasteiger partial charge in [0.05, 0.1) is 12.6 Å². The Morgan fingerprint density at radius 3 is 2.21 bits per heavy atom. The zero-order chi connectivity index (χ0) is 24.0. The molecule has 0 radical (unpaired) electrons. The van der Waals surface area contributed by atoms with E-state index < -0.39 is 17.7 Å². The second-order valence-corrected chi connectivity index (χ2v) is 9.11. The first kappa shape index (κ1) is 24.5. The molecule has 0 N–H and O–H groups in total. The molecule has 1 aliphatic rings. The number of carbonyl (C=O) groups is 3. The average Bonchev–Trinajstić information content (AvgIpc) is 2.82. The molecule has 3 rings (SSSR count). The van der Waals surface area contributed by atoms with Crippen LogP contribution in [0.4, 0.5) is 4.79 Å². The van der Waals surface area contributed by atoms with Gasteiger partial charge in [-0.2, -0.15) is 0 Å². The molecule has 0 saturated carbocycles. The Hall–Kier alpha value is -3.15. The Balaban J connectivity index is 1.71. The van der Waals surface area contributed by atoms with E-state index in [1.165, 1.54) is 4.90 Å². The monoisotopic (exact) mass is 450 g/mol. The van der Waals surface area contributed by atoms with E-state index in [2.05, 4.69) is 0 Å². The maximum atomic E-state index is 13.2.